The highest BCUT2D eigenvalue weighted by Gasteiger charge is 2.56. The maximum atomic E-state index is 14.3. The molecular weight excluding hydrogens is 604 g/mol. The number of carbonyl (C=O) groups is 3. The van der Waals surface area contributed by atoms with E-state index in [2.05, 4.69) is 10.6 Å². The lowest BCUT2D eigenvalue weighted by atomic mass is 9.61. The molecule has 0 aromatic heterocycles. The van der Waals surface area contributed by atoms with Crippen LogP contribution in [0.4, 0.5) is 11.4 Å². The van der Waals surface area contributed by atoms with Gasteiger partial charge in [-0.15, -0.1) is 0 Å². The van der Waals surface area contributed by atoms with Crippen molar-refractivity contribution >= 4 is 29.0 Å². The van der Waals surface area contributed by atoms with Crippen LogP contribution < -0.4 is 20.1 Å². The number of ketones is 1. The smallest absolute Gasteiger partial charge is 0.235 e. The average Bonchev–Trinajstić information content (AvgIpc) is 3.03. The molecule has 0 spiro atoms. The zero-order valence-corrected chi connectivity index (χ0v) is 28.4. The van der Waals surface area contributed by atoms with E-state index >= 15 is 0 Å². The van der Waals surface area contributed by atoms with Gasteiger partial charge in [-0.05, 0) is 99.2 Å². The first-order chi connectivity index (χ1) is 22.9. The van der Waals surface area contributed by atoms with E-state index in [4.69, 9.17) is 9.47 Å². The van der Waals surface area contributed by atoms with E-state index in [1.807, 2.05) is 101 Å². The SMILES string of the molecule is CCOc1cc(C2C(C(=O)Nc3cc(C)ccc3C)C(=O)CC(C)(O)C2C(=O)Nc2cc(C)ccc2C)ccc1OCc1ccccc1. The van der Waals surface area contributed by atoms with Crippen LogP contribution in [0.2, 0.25) is 0 Å². The summed E-state index contributed by atoms with van der Waals surface area (Å²) in [5.74, 6) is -4.07. The van der Waals surface area contributed by atoms with E-state index in [0.29, 0.717) is 41.7 Å². The molecule has 8 nitrogen and oxygen atoms in total. The number of aryl methyl sites for hydroxylation is 4. The van der Waals surface area contributed by atoms with Crippen LogP contribution in [0.5, 0.6) is 11.5 Å². The quantitative estimate of drug-likeness (QED) is 0.157. The molecule has 48 heavy (non-hydrogen) atoms. The third-order valence-electron chi connectivity index (χ3n) is 9.02. The molecule has 0 radical (unpaired) electrons. The second-order valence-electron chi connectivity index (χ2n) is 13.0. The Morgan fingerprint density at radius 3 is 2.00 bits per heavy atom. The van der Waals surface area contributed by atoms with Gasteiger partial charge < -0.3 is 25.2 Å². The fourth-order valence-corrected chi connectivity index (χ4v) is 6.51. The molecule has 5 rings (SSSR count). The Hall–Kier alpha value is -4.95. The first-order valence-electron chi connectivity index (χ1n) is 16.3. The van der Waals surface area contributed by atoms with Gasteiger partial charge in [0.05, 0.1) is 18.1 Å². The third-order valence-corrected chi connectivity index (χ3v) is 9.02. The minimum atomic E-state index is -1.76. The molecular formula is C40H44N2O6. The first kappa shape index (κ1) is 34.4. The highest BCUT2D eigenvalue weighted by atomic mass is 16.5. The monoisotopic (exact) mass is 648 g/mol. The van der Waals surface area contributed by atoms with Crippen molar-refractivity contribution in [3.8, 4) is 11.5 Å². The summed E-state index contributed by atoms with van der Waals surface area (Å²) in [6.07, 6.45) is -0.365. The molecule has 0 bridgehead atoms. The largest absolute Gasteiger partial charge is 0.490 e. The van der Waals surface area contributed by atoms with Crippen LogP contribution in [0.3, 0.4) is 0 Å². The number of aliphatic hydroxyl groups is 1. The summed E-state index contributed by atoms with van der Waals surface area (Å²) in [5, 5.41) is 17.8. The Kier molecular flexibility index (Phi) is 10.3. The Morgan fingerprint density at radius 1 is 0.792 bits per heavy atom. The lowest BCUT2D eigenvalue weighted by Gasteiger charge is -2.44. The molecule has 4 aromatic rings. The van der Waals surface area contributed by atoms with Gasteiger partial charge in [0.2, 0.25) is 11.8 Å². The van der Waals surface area contributed by atoms with Gasteiger partial charge in [0.1, 0.15) is 18.3 Å². The van der Waals surface area contributed by atoms with E-state index in [1.165, 1.54) is 6.92 Å². The molecule has 0 heterocycles. The van der Waals surface area contributed by atoms with E-state index in [9.17, 15) is 19.5 Å². The van der Waals surface area contributed by atoms with Crippen LogP contribution in [0.25, 0.3) is 0 Å². The van der Waals surface area contributed by atoms with Crippen LogP contribution in [0, 0.1) is 39.5 Å². The number of nitrogens with one attached hydrogen (secondary N) is 2. The molecule has 1 aliphatic rings. The molecule has 1 saturated carbocycles. The number of hydrogen-bond acceptors (Lipinski definition) is 6. The molecule has 4 atom stereocenters. The van der Waals surface area contributed by atoms with Crippen molar-refractivity contribution in [3.05, 3.63) is 118 Å². The Morgan fingerprint density at radius 2 is 1.40 bits per heavy atom. The number of ether oxygens (including phenoxy) is 2. The summed E-state index contributed by atoms with van der Waals surface area (Å²) in [6.45, 7) is 11.6. The summed E-state index contributed by atoms with van der Waals surface area (Å²) in [6, 6.07) is 26.4. The molecule has 1 fully saturated rings. The zero-order chi connectivity index (χ0) is 34.6. The van der Waals surface area contributed by atoms with E-state index in [0.717, 1.165) is 27.8 Å². The zero-order valence-electron chi connectivity index (χ0n) is 28.4. The van der Waals surface area contributed by atoms with Crippen molar-refractivity contribution in [1.29, 1.82) is 0 Å². The summed E-state index contributed by atoms with van der Waals surface area (Å²) in [4.78, 5) is 42.5. The van der Waals surface area contributed by atoms with Crippen LogP contribution in [0.15, 0.2) is 84.9 Å². The fourth-order valence-electron chi connectivity index (χ4n) is 6.51. The van der Waals surface area contributed by atoms with Gasteiger partial charge in [-0.3, -0.25) is 14.4 Å². The van der Waals surface area contributed by atoms with Crippen molar-refractivity contribution in [2.75, 3.05) is 17.2 Å². The van der Waals surface area contributed by atoms with Gasteiger partial charge in [-0.2, -0.15) is 0 Å². The van der Waals surface area contributed by atoms with Crippen LogP contribution in [0.1, 0.15) is 59.6 Å². The molecule has 4 unspecified atom stereocenters. The average molecular weight is 649 g/mol. The molecule has 2 amide bonds. The Bertz CT molecular complexity index is 1820. The van der Waals surface area contributed by atoms with Crippen LogP contribution >= 0.6 is 0 Å². The second-order valence-corrected chi connectivity index (χ2v) is 13.0. The molecule has 3 N–H and O–H groups in total. The minimum Gasteiger partial charge on any atom is -0.490 e. The van der Waals surface area contributed by atoms with Gasteiger partial charge in [-0.25, -0.2) is 0 Å². The number of amides is 2. The van der Waals surface area contributed by atoms with Gasteiger partial charge in [0.25, 0.3) is 0 Å². The molecule has 0 aliphatic heterocycles. The van der Waals surface area contributed by atoms with Crippen LogP contribution in [-0.2, 0) is 21.0 Å². The summed E-state index contributed by atoms with van der Waals surface area (Å²) < 4.78 is 12.1. The molecule has 1 aliphatic carbocycles. The minimum absolute atomic E-state index is 0.304. The maximum Gasteiger partial charge on any atom is 0.235 e. The standard InChI is InChI=1S/C40H44N2O6/c1-7-47-34-21-29(17-18-33(34)48-23-28-11-9-8-10-12-28)35-36(38(44)41-30-19-24(2)13-15-26(30)4)32(43)22-40(6,46)37(35)39(45)42-31-20-25(3)14-16-27(31)5/h8-21,35-37,46H,7,22-23H2,1-6H3,(H,41,44)(H,42,45). The van der Waals surface area contributed by atoms with Crippen molar-refractivity contribution in [1.82, 2.24) is 0 Å². The summed E-state index contributed by atoms with van der Waals surface area (Å²) in [7, 11) is 0. The number of Topliss-reactive ketones (excluding diaryl/α,β-unsaturated/α-hetero) is 1. The second kappa shape index (κ2) is 14.4. The number of rotatable bonds is 10. The first-order valence-corrected chi connectivity index (χ1v) is 16.3. The number of hydrogen-bond donors (Lipinski definition) is 3. The van der Waals surface area contributed by atoms with Gasteiger partial charge in [0.15, 0.2) is 11.5 Å². The van der Waals surface area contributed by atoms with Crippen molar-refractivity contribution in [2.45, 2.75) is 66.1 Å². The highest BCUT2D eigenvalue weighted by molar-refractivity contribution is 6.10. The predicted molar refractivity (Wildman–Crippen MR) is 187 cm³/mol. The topological polar surface area (TPSA) is 114 Å². The van der Waals surface area contributed by atoms with Gasteiger partial charge in [-0.1, -0.05) is 60.7 Å². The summed E-state index contributed by atoms with van der Waals surface area (Å²) >= 11 is 0. The van der Waals surface area contributed by atoms with Gasteiger partial charge >= 0.3 is 0 Å². The molecule has 250 valence electrons. The predicted octanol–water partition coefficient (Wildman–Crippen LogP) is 7.22. The lowest BCUT2D eigenvalue weighted by Crippen LogP contribution is -2.56. The third kappa shape index (κ3) is 7.60. The van der Waals surface area contributed by atoms with E-state index in [-0.39, 0.29) is 6.42 Å². The van der Waals surface area contributed by atoms with Gasteiger partial charge in [0, 0.05) is 23.7 Å². The highest BCUT2D eigenvalue weighted by Crippen LogP contribution is 2.48. The van der Waals surface area contributed by atoms with E-state index in [1.54, 1.807) is 18.2 Å². The molecule has 4 aromatic carbocycles. The number of benzene rings is 4. The Balaban J connectivity index is 1.60. The Labute approximate surface area is 282 Å². The summed E-state index contributed by atoms with van der Waals surface area (Å²) in [5.41, 5.74) is 4.49. The van der Waals surface area contributed by atoms with Crippen molar-refractivity contribution in [2.24, 2.45) is 11.8 Å². The maximum absolute atomic E-state index is 14.3. The van der Waals surface area contributed by atoms with Crippen LogP contribution in [-0.4, -0.2) is 34.9 Å². The molecule has 8 heteroatoms. The molecule has 0 saturated heterocycles. The lowest BCUT2D eigenvalue weighted by molar-refractivity contribution is -0.150. The van der Waals surface area contributed by atoms with Crippen molar-refractivity contribution in [3.63, 3.8) is 0 Å². The normalized spacial score (nSPS) is 20.6. The fraction of sp³-hybridized carbons (Fsp3) is 0.325. The number of anilines is 2. The van der Waals surface area contributed by atoms with Crippen molar-refractivity contribution < 1.29 is 29.0 Å². The van der Waals surface area contributed by atoms with E-state index < -0.39 is 41.0 Å². The number of carbonyl (C=O) groups excluding carboxylic acids is 3.